The molecule has 3 aromatic heterocycles. The van der Waals surface area contributed by atoms with E-state index in [1.165, 1.54) is 0 Å². The van der Waals surface area contributed by atoms with Crippen molar-refractivity contribution in [3.05, 3.63) is 87.6 Å². The molecule has 0 unspecified atom stereocenters. The first-order valence-corrected chi connectivity index (χ1v) is 11.6. The molecule has 33 heavy (non-hydrogen) atoms. The van der Waals surface area contributed by atoms with Gasteiger partial charge in [0.1, 0.15) is 5.76 Å². The number of pyridine rings is 1. The van der Waals surface area contributed by atoms with E-state index < -0.39 is 5.97 Å². The number of esters is 1. The summed E-state index contributed by atoms with van der Waals surface area (Å²) in [5, 5.41) is 2.71. The van der Waals surface area contributed by atoms with E-state index in [-0.39, 0.29) is 12.5 Å². The summed E-state index contributed by atoms with van der Waals surface area (Å²) >= 11 is 1.59. The van der Waals surface area contributed by atoms with Crippen molar-refractivity contribution in [2.24, 2.45) is 0 Å². The first-order chi connectivity index (χ1) is 16.1. The van der Waals surface area contributed by atoms with Gasteiger partial charge in [0.15, 0.2) is 6.61 Å². The fraction of sp³-hybridized carbons (Fsp3) is 0.192. The smallest absolute Gasteiger partial charge is 0.339 e. The average Bonchev–Trinajstić information content (AvgIpc) is 3.59. The number of hydrogen-bond donors (Lipinski definition) is 0. The number of para-hydroxylation sites is 1. The minimum absolute atomic E-state index is 0.245. The summed E-state index contributed by atoms with van der Waals surface area (Å²) in [5.74, 6) is 0.00319. The van der Waals surface area contributed by atoms with Gasteiger partial charge in [-0.3, -0.25) is 4.79 Å². The molecule has 7 heteroatoms. The number of rotatable bonds is 6. The predicted octanol–water partition coefficient (Wildman–Crippen LogP) is 5.19. The Kier molecular flexibility index (Phi) is 5.79. The van der Waals surface area contributed by atoms with Gasteiger partial charge in [0.25, 0.3) is 5.91 Å². The van der Waals surface area contributed by atoms with Gasteiger partial charge < -0.3 is 14.1 Å². The topological polar surface area (TPSA) is 72.6 Å². The molecule has 3 heterocycles. The van der Waals surface area contributed by atoms with E-state index in [1.807, 2.05) is 60.0 Å². The number of carbonyl (C=O) groups excluding carboxylic acids is 2. The Morgan fingerprint density at radius 2 is 2.03 bits per heavy atom. The monoisotopic (exact) mass is 458 g/mol. The van der Waals surface area contributed by atoms with E-state index in [9.17, 15) is 9.59 Å². The van der Waals surface area contributed by atoms with Gasteiger partial charge in [0.2, 0.25) is 0 Å². The van der Waals surface area contributed by atoms with Crippen molar-refractivity contribution >= 4 is 45.8 Å². The molecule has 1 amide bonds. The molecule has 0 bridgehead atoms. The number of allylic oxidation sites excluding steroid dienone is 1. The number of thiophene rings is 1. The number of ether oxygens (including phenoxy) is 1. The first kappa shape index (κ1) is 21.2. The Morgan fingerprint density at radius 3 is 2.82 bits per heavy atom. The van der Waals surface area contributed by atoms with E-state index in [0.717, 1.165) is 44.8 Å². The first-order valence-electron chi connectivity index (χ1n) is 10.7. The second-order valence-electron chi connectivity index (χ2n) is 7.92. The second-order valence-corrected chi connectivity index (χ2v) is 8.95. The molecule has 166 valence electrons. The highest BCUT2D eigenvalue weighted by Gasteiger charge is 2.28. The molecule has 1 aliphatic carbocycles. The van der Waals surface area contributed by atoms with Crippen LogP contribution in [0.5, 0.6) is 0 Å². The third kappa shape index (κ3) is 4.32. The van der Waals surface area contributed by atoms with E-state index >= 15 is 0 Å². The average molecular weight is 459 g/mol. The molecule has 0 atom stereocenters. The van der Waals surface area contributed by atoms with Crippen molar-refractivity contribution in [3.63, 3.8) is 0 Å². The molecule has 0 saturated heterocycles. The van der Waals surface area contributed by atoms with Crippen molar-refractivity contribution in [1.82, 2.24) is 9.88 Å². The van der Waals surface area contributed by atoms with Crippen LogP contribution in [0, 0.1) is 0 Å². The Labute approximate surface area is 195 Å². The lowest BCUT2D eigenvalue weighted by Gasteiger charge is -2.17. The molecule has 1 aromatic carbocycles. The van der Waals surface area contributed by atoms with Crippen LogP contribution in [0.3, 0.4) is 0 Å². The number of fused-ring (bicyclic) bond motifs is 2. The summed E-state index contributed by atoms with van der Waals surface area (Å²) in [6.45, 7) is 0.184. The molecule has 0 spiro atoms. The molecule has 4 aromatic rings. The van der Waals surface area contributed by atoms with E-state index in [0.29, 0.717) is 18.5 Å². The highest BCUT2D eigenvalue weighted by molar-refractivity contribution is 7.09. The zero-order valence-corrected chi connectivity index (χ0v) is 18.9. The number of likely N-dealkylation sites (N-methyl/N-ethyl adjacent to an activating group) is 1. The number of carbonyl (C=O) groups is 2. The van der Waals surface area contributed by atoms with Crippen LogP contribution >= 0.6 is 11.3 Å². The molecule has 0 saturated carbocycles. The van der Waals surface area contributed by atoms with Gasteiger partial charge >= 0.3 is 5.97 Å². The zero-order chi connectivity index (χ0) is 22.8. The largest absolute Gasteiger partial charge is 0.465 e. The molecule has 6 nitrogen and oxygen atoms in total. The minimum Gasteiger partial charge on any atom is -0.465 e. The standard InChI is InChI=1S/C26H22N2O4S/c1-28(15-19-7-5-13-33-19)23(29)16-32-26(30)24-20-8-2-3-9-22(20)27-25-17(10-11-21(24)25)14-18-6-4-12-31-18/h2-9,12-14H,10-11,15-16H2,1H3/b17-14+. The Morgan fingerprint density at radius 1 is 1.15 bits per heavy atom. The minimum atomic E-state index is -0.498. The van der Waals surface area contributed by atoms with Crippen LogP contribution in [-0.2, 0) is 22.5 Å². The number of amides is 1. The quantitative estimate of drug-likeness (QED) is 0.372. The van der Waals surface area contributed by atoms with Gasteiger partial charge in [-0.15, -0.1) is 11.3 Å². The van der Waals surface area contributed by atoms with Crippen LogP contribution in [0.25, 0.3) is 22.6 Å². The van der Waals surface area contributed by atoms with Gasteiger partial charge in [-0.05, 0) is 59.7 Å². The number of furan rings is 1. The Hall–Kier alpha value is -3.71. The summed E-state index contributed by atoms with van der Waals surface area (Å²) in [6, 6.07) is 15.2. The van der Waals surface area contributed by atoms with Gasteiger partial charge in [-0.2, -0.15) is 0 Å². The van der Waals surface area contributed by atoms with Crippen molar-refractivity contribution in [1.29, 1.82) is 0 Å². The maximum atomic E-state index is 13.2. The van der Waals surface area contributed by atoms with Crippen molar-refractivity contribution in [2.75, 3.05) is 13.7 Å². The molecular weight excluding hydrogens is 436 g/mol. The number of aromatic nitrogens is 1. The molecule has 5 rings (SSSR count). The second kappa shape index (κ2) is 9.03. The SMILES string of the molecule is CN(Cc1cccs1)C(=O)COC(=O)c1c2c(nc3ccccc13)/C(=C/c1ccco1)CC2. The molecule has 0 aliphatic heterocycles. The van der Waals surface area contributed by atoms with Crippen LogP contribution in [0.1, 0.15) is 38.7 Å². The summed E-state index contributed by atoms with van der Waals surface area (Å²) in [5.41, 5.74) is 3.88. The highest BCUT2D eigenvalue weighted by atomic mass is 32.1. The maximum absolute atomic E-state index is 13.2. The Balaban J connectivity index is 1.42. The van der Waals surface area contributed by atoms with E-state index in [1.54, 1.807) is 29.5 Å². The van der Waals surface area contributed by atoms with Crippen LogP contribution in [0.15, 0.2) is 64.6 Å². The van der Waals surface area contributed by atoms with Crippen LogP contribution in [0.4, 0.5) is 0 Å². The fourth-order valence-electron chi connectivity index (χ4n) is 4.09. The maximum Gasteiger partial charge on any atom is 0.339 e. The van der Waals surface area contributed by atoms with E-state index in [2.05, 4.69) is 0 Å². The van der Waals surface area contributed by atoms with Crippen LogP contribution < -0.4 is 0 Å². The van der Waals surface area contributed by atoms with Crippen molar-refractivity contribution in [3.8, 4) is 0 Å². The van der Waals surface area contributed by atoms with Gasteiger partial charge in [0.05, 0.1) is 29.6 Å². The summed E-state index contributed by atoms with van der Waals surface area (Å²) in [7, 11) is 1.71. The predicted molar refractivity (Wildman–Crippen MR) is 128 cm³/mol. The summed E-state index contributed by atoms with van der Waals surface area (Å²) < 4.78 is 11.0. The van der Waals surface area contributed by atoms with Crippen LogP contribution in [-0.4, -0.2) is 35.4 Å². The molecule has 1 aliphatic rings. The lowest BCUT2D eigenvalue weighted by Crippen LogP contribution is -2.30. The molecular formula is C26H22N2O4S. The normalized spacial score (nSPS) is 13.9. The lowest BCUT2D eigenvalue weighted by atomic mass is 10.0. The molecule has 0 fully saturated rings. The Bertz CT molecular complexity index is 1340. The van der Waals surface area contributed by atoms with Crippen LogP contribution in [0.2, 0.25) is 0 Å². The number of benzene rings is 1. The van der Waals surface area contributed by atoms with Gasteiger partial charge in [-0.25, -0.2) is 9.78 Å². The fourth-order valence-corrected chi connectivity index (χ4v) is 4.85. The third-order valence-electron chi connectivity index (χ3n) is 5.73. The van der Waals surface area contributed by atoms with Crippen molar-refractivity contribution in [2.45, 2.75) is 19.4 Å². The molecule has 0 radical (unpaired) electrons. The number of hydrogen-bond acceptors (Lipinski definition) is 6. The van der Waals surface area contributed by atoms with Crippen molar-refractivity contribution < 1.29 is 18.7 Å². The van der Waals surface area contributed by atoms with Gasteiger partial charge in [0, 0.05) is 17.3 Å². The zero-order valence-electron chi connectivity index (χ0n) is 18.1. The summed E-state index contributed by atoms with van der Waals surface area (Å²) in [4.78, 5) is 33.3. The lowest BCUT2D eigenvalue weighted by molar-refractivity contribution is -0.133. The highest BCUT2D eigenvalue weighted by Crippen LogP contribution is 2.37. The number of nitrogens with zero attached hydrogens (tertiary/aromatic N) is 2. The summed E-state index contributed by atoms with van der Waals surface area (Å²) in [6.07, 6.45) is 5.02. The van der Waals surface area contributed by atoms with Gasteiger partial charge in [-0.1, -0.05) is 24.3 Å². The molecule has 0 N–H and O–H groups in total. The van der Waals surface area contributed by atoms with E-state index in [4.69, 9.17) is 14.1 Å². The third-order valence-corrected chi connectivity index (χ3v) is 6.59.